The van der Waals surface area contributed by atoms with Gasteiger partial charge in [0.15, 0.2) is 0 Å². The first-order valence-electron chi connectivity index (χ1n) is 4.24. The molecule has 1 aromatic carbocycles. The number of benzene rings is 1. The molecule has 0 atom stereocenters. The molecule has 2 N–H and O–H groups in total. The molecule has 0 heterocycles. The van der Waals surface area contributed by atoms with E-state index in [9.17, 15) is 0 Å². The molecule has 0 aliphatic rings. The number of rotatable bonds is 3. The Balaban J connectivity index is 2.92. The van der Waals surface area contributed by atoms with Crippen molar-refractivity contribution in [2.75, 3.05) is 6.61 Å². The van der Waals surface area contributed by atoms with Crippen molar-refractivity contribution >= 4 is 12.6 Å². The van der Waals surface area contributed by atoms with Crippen molar-refractivity contribution in [1.29, 1.82) is 0 Å². The second kappa shape index (κ2) is 4.30. The fraction of sp³-hybridized carbons (Fsp3) is 0.333. The van der Waals surface area contributed by atoms with Crippen molar-refractivity contribution in [3.05, 3.63) is 23.8 Å². The van der Waals surface area contributed by atoms with E-state index >= 15 is 0 Å². The van der Waals surface area contributed by atoms with Gasteiger partial charge >= 0.3 is 7.12 Å². The van der Waals surface area contributed by atoms with Gasteiger partial charge in [0.2, 0.25) is 0 Å². The standard InChI is InChI=1S/C9H13BO3/c1-3-13-8-4-5-9(10(11)12)7(2)6-8/h4-6,11-12H,3H2,1-2H3. The lowest BCUT2D eigenvalue weighted by Gasteiger charge is -2.07. The van der Waals surface area contributed by atoms with E-state index in [1.54, 1.807) is 18.2 Å². The van der Waals surface area contributed by atoms with Crippen LogP contribution in [0.2, 0.25) is 0 Å². The Labute approximate surface area is 78.1 Å². The average molecular weight is 180 g/mol. The van der Waals surface area contributed by atoms with Crippen LogP contribution in [0.3, 0.4) is 0 Å². The Morgan fingerprint density at radius 3 is 2.54 bits per heavy atom. The molecule has 1 rings (SSSR count). The molecule has 13 heavy (non-hydrogen) atoms. The van der Waals surface area contributed by atoms with Gasteiger partial charge in [0, 0.05) is 0 Å². The van der Waals surface area contributed by atoms with Crippen LogP contribution in [0.1, 0.15) is 12.5 Å². The molecule has 0 unspecified atom stereocenters. The Morgan fingerprint density at radius 1 is 1.38 bits per heavy atom. The van der Waals surface area contributed by atoms with E-state index in [0.29, 0.717) is 12.1 Å². The molecule has 1 aromatic rings. The van der Waals surface area contributed by atoms with E-state index in [4.69, 9.17) is 14.8 Å². The third kappa shape index (κ3) is 2.47. The highest BCUT2D eigenvalue weighted by Crippen LogP contribution is 2.10. The maximum atomic E-state index is 8.94. The molecular formula is C9H13BO3. The smallest absolute Gasteiger partial charge is 0.488 e. The first-order chi connectivity index (χ1) is 6.15. The SMILES string of the molecule is CCOc1ccc(B(O)O)c(C)c1. The summed E-state index contributed by atoms with van der Waals surface area (Å²) in [5.74, 6) is 0.754. The molecule has 4 heteroatoms. The summed E-state index contributed by atoms with van der Waals surface area (Å²) in [6.07, 6.45) is 0. The molecule has 0 aromatic heterocycles. The summed E-state index contributed by atoms with van der Waals surface area (Å²) in [4.78, 5) is 0. The van der Waals surface area contributed by atoms with Crippen LogP contribution in [-0.2, 0) is 0 Å². The normalized spacial score (nSPS) is 9.85. The van der Waals surface area contributed by atoms with Gasteiger partial charge in [-0.3, -0.25) is 0 Å². The molecule has 0 aliphatic heterocycles. The topological polar surface area (TPSA) is 49.7 Å². The monoisotopic (exact) mass is 180 g/mol. The first-order valence-corrected chi connectivity index (χ1v) is 4.24. The zero-order chi connectivity index (χ0) is 9.84. The molecule has 0 amide bonds. The van der Waals surface area contributed by atoms with Gasteiger partial charge in [0.1, 0.15) is 5.75 Å². The first kappa shape index (κ1) is 10.1. The van der Waals surface area contributed by atoms with E-state index in [2.05, 4.69) is 0 Å². The molecule has 0 fully saturated rings. The molecule has 3 nitrogen and oxygen atoms in total. The largest absolute Gasteiger partial charge is 0.494 e. The fourth-order valence-electron chi connectivity index (χ4n) is 1.19. The number of hydrogen-bond donors (Lipinski definition) is 2. The second-order valence-electron chi connectivity index (χ2n) is 2.83. The Hall–Kier alpha value is -0.995. The van der Waals surface area contributed by atoms with Gasteiger partial charge in [-0.2, -0.15) is 0 Å². The van der Waals surface area contributed by atoms with Crippen molar-refractivity contribution in [2.45, 2.75) is 13.8 Å². The Kier molecular flexibility index (Phi) is 3.34. The van der Waals surface area contributed by atoms with Crippen LogP contribution in [0.25, 0.3) is 0 Å². The lowest BCUT2D eigenvalue weighted by atomic mass is 9.77. The van der Waals surface area contributed by atoms with Gasteiger partial charge in [0.25, 0.3) is 0 Å². The number of hydrogen-bond acceptors (Lipinski definition) is 3. The third-order valence-electron chi connectivity index (χ3n) is 1.83. The highest BCUT2D eigenvalue weighted by Gasteiger charge is 2.13. The number of aryl methyl sites for hydroxylation is 1. The van der Waals surface area contributed by atoms with Crippen molar-refractivity contribution in [3.63, 3.8) is 0 Å². The van der Waals surface area contributed by atoms with Crippen LogP contribution in [-0.4, -0.2) is 23.8 Å². The quantitative estimate of drug-likeness (QED) is 0.647. The van der Waals surface area contributed by atoms with Crippen molar-refractivity contribution in [1.82, 2.24) is 0 Å². The van der Waals surface area contributed by atoms with Crippen LogP contribution in [0.4, 0.5) is 0 Å². The second-order valence-corrected chi connectivity index (χ2v) is 2.83. The van der Waals surface area contributed by atoms with Gasteiger partial charge in [-0.05, 0) is 37.0 Å². The third-order valence-corrected chi connectivity index (χ3v) is 1.83. The van der Waals surface area contributed by atoms with E-state index in [0.717, 1.165) is 11.3 Å². The summed E-state index contributed by atoms with van der Waals surface area (Å²) in [6, 6.07) is 5.18. The molecular weight excluding hydrogens is 167 g/mol. The van der Waals surface area contributed by atoms with Gasteiger partial charge < -0.3 is 14.8 Å². The van der Waals surface area contributed by atoms with Gasteiger partial charge in [-0.1, -0.05) is 6.07 Å². The molecule has 70 valence electrons. The lowest BCUT2D eigenvalue weighted by Crippen LogP contribution is -2.31. The minimum absolute atomic E-state index is 0.517. The van der Waals surface area contributed by atoms with Crippen LogP contribution in [0.5, 0.6) is 5.75 Å². The summed E-state index contributed by atoms with van der Waals surface area (Å²) in [6.45, 7) is 4.34. The predicted octanol–water partition coefficient (Wildman–Crippen LogP) is 0.0735. The zero-order valence-electron chi connectivity index (χ0n) is 7.82. The summed E-state index contributed by atoms with van der Waals surface area (Å²) in [5, 5.41) is 17.9. The van der Waals surface area contributed by atoms with Crippen LogP contribution < -0.4 is 10.2 Å². The minimum atomic E-state index is -1.41. The van der Waals surface area contributed by atoms with Crippen LogP contribution in [0.15, 0.2) is 18.2 Å². The predicted molar refractivity (Wildman–Crippen MR) is 52.2 cm³/mol. The average Bonchev–Trinajstić information content (AvgIpc) is 2.04. The molecule has 0 saturated heterocycles. The van der Waals surface area contributed by atoms with E-state index < -0.39 is 7.12 Å². The summed E-state index contributed by atoms with van der Waals surface area (Å²) < 4.78 is 5.26. The maximum Gasteiger partial charge on any atom is 0.488 e. The van der Waals surface area contributed by atoms with Gasteiger partial charge in [-0.15, -0.1) is 0 Å². The summed E-state index contributed by atoms with van der Waals surface area (Å²) >= 11 is 0. The highest BCUT2D eigenvalue weighted by atomic mass is 16.5. The Bertz CT molecular complexity index is 286. The summed E-state index contributed by atoms with van der Waals surface area (Å²) in [5.41, 5.74) is 1.34. The van der Waals surface area contributed by atoms with Crippen LogP contribution in [0, 0.1) is 6.92 Å². The Morgan fingerprint density at radius 2 is 2.08 bits per heavy atom. The van der Waals surface area contributed by atoms with Crippen molar-refractivity contribution in [2.24, 2.45) is 0 Å². The fourth-order valence-corrected chi connectivity index (χ4v) is 1.19. The van der Waals surface area contributed by atoms with E-state index in [-0.39, 0.29) is 0 Å². The van der Waals surface area contributed by atoms with E-state index in [1.165, 1.54) is 0 Å². The maximum absolute atomic E-state index is 8.94. The highest BCUT2D eigenvalue weighted by molar-refractivity contribution is 6.59. The summed E-state index contributed by atoms with van der Waals surface area (Å²) in [7, 11) is -1.41. The molecule has 0 saturated carbocycles. The molecule has 0 radical (unpaired) electrons. The molecule has 0 spiro atoms. The van der Waals surface area contributed by atoms with E-state index in [1.807, 2.05) is 13.8 Å². The zero-order valence-corrected chi connectivity index (χ0v) is 7.82. The van der Waals surface area contributed by atoms with Gasteiger partial charge in [0.05, 0.1) is 6.61 Å². The number of ether oxygens (including phenoxy) is 1. The van der Waals surface area contributed by atoms with Crippen LogP contribution >= 0.6 is 0 Å². The molecule has 0 aliphatic carbocycles. The van der Waals surface area contributed by atoms with Crippen molar-refractivity contribution < 1.29 is 14.8 Å². The lowest BCUT2D eigenvalue weighted by molar-refractivity contribution is 0.340. The van der Waals surface area contributed by atoms with Crippen molar-refractivity contribution in [3.8, 4) is 5.75 Å². The minimum Gasteiger partial charge on any atom is -0.494 e. The van der Waals surface area contributed by atoms with Gasteiger partial charge in [-0.25, -0.2) is 0 Å². The molecule has 0 bridgehead atoms.